The van der Waals surface area contributed by atoms with Crippen molar-refractivity contribution in [2.75, 3.05) is 0 Å². The van der Waals surface area contributed by atoms with Crippen molar-refractivity contribution in [2.45, 2.75) is 50.7 Å². The molecule has 1 aromatic rings. The van der Waals surface area contributed by atoms with Gasteiger partial charge in [0.1, 0.15) is 5.75 Å². The number of ether oxygens (including phenoxy) is 1. The molecule has 0 heterocycles. The van der Waals surface area contributed by atoms with Crippen LogP contribution in [0.1, 0.15) is 44.6 Å². The molecule has 9 heteroatoms. The number of carbonyl (C=O) groups excluding carboxylic acids is 1. The summed E-state index contributed by atoms with van der Waals surface area (Å²) in [6.07, 6.45) is 3.67. The number of benzene rings is 1. The van der Waals surface area contributed by atoms with Gasteiger partial charge >= 0.3 is 63.3 Å². The zero-order valence-corrected chi connectivity index (χ0v) is 14.3. The van der Waals surface area contributed by atoms with Gasteiger partial charge in [-0.05, 0) is 24.5 Å². The van der Waals surface area contributed by atoms with Crippen LogP contribution in [0.3, 0.4) is 0 Å². The zero-order chi connectivity index (χ0) is 18.2. The molecule has 0 radical (unpaired) electrons. The van der Waals surface area contributed by atoms with E-state index in [1.165, 1.54) is 6.07 Å². The fourth-order valence-corrected chi connectivity index (χ4v) is 2.84. The Morgan fingerprint density at radius 1 is 1.16 bits per heavy atom. The van der Waals surface area contributed by atoms with Crippen molar-refractivity contribution in [3.8, 4) is 5.75 Å². The van der Waals surface area contributed by atoms with Crippen LogP contribution in [0.4, 0.5) is 0 Å². The van der Waals surface area contributed by atoms with Crippen LogP contribution in [-0.2, 0) is 26.1 Å². The first-order valence-electron chi connectivity index (χ1n) is 7.73. The van der Waals surface area contributed by atoms with Crippen molar-refractivity contribution in [3.05, 3.63) is 29.8 Å². The summed E-state index contributed by atoms with van der Waals surface area (Å²) >= 11 is 0. The molecule has 1 aromatic carbocycles. The van der Waals surface area contributed by atoms with Gasteiger partial charge in [0.2, 0.25) is 0 Å². The Kier molecular flexibility index (Phi) is 12.0. The molecule has 0 saturated carbocycles. The van der Waals surface area contributed by atoms with Crippen LogP contribution in [0.25, 0.3) is 0 Å². The Morgan fingerprint density at radius 2 is 1.80 bits per heavy atom. The molecule has 1 rings (SSSR count). The van der Waals surface area contributed by atoms with Crippen LogP contribution in [-0.4, -0.2) is 86.7 Å². The zero-order valence-electron chi connectivity index (χ0n) is 13.5. The molecule has 0 aliphatic heterocycles. The third-order valence-corrected chi connectivity index (χ3v) is 4.54. The predicted octanol–water partition coefficient (Wildman–Crippen LogP) is 1.80. The first kappa shape index (κ1) is 24.7. The van der Waals surface area contributed by atoms with Crippen molar-refractivity contribution in [3.63, 3.8) is 0 Å². The standard InChI is InChI=1S/C16H22O7S.K.H/c1-2-3-4-5-8-12-9-6-7-10-13(12)23-16(19)14(11-15(17)18)24(20,21)22;;/h6-7,9-10,14H,2-5,8,11H2,1H3,(H,17,18)(H,20,21,22);;. The van der Waals surface area contributed by atoms with Crippen molar-refractivity contribution in [1.82, 2.24) is 0 Å². The van der Waals surface area contributed by atoms with Crippen LogP contribution in [0.2, 0.25) is 0 Å². The molecule has 136 valence electrons. The van der Waals surface area contributed by atoms with Gasteiger partial charge in [-0.3, -0.25) is 14.1 Å². The molecule has 2 N–H and O–H groups in total. The first-order chi connectivity index (χ1) is 11.3. The molecule has 0 fully saturated rings. The monoisotopic (exact) mass is 398 g/mol. The SMILES string of the molecule is CCCCCCc1ccccc1OC(=O)C(CC(=O)O)S(=O)(=O)O.[KH]. The van der Waals surface area contributed by atoms with Gasteiger partial charge in [0, 0.05) is 0 Å². The number of carboxylic acids is 1. The topological polar surface area (TPSA) is 118 Å². The molecular weight excluding hydrogens is 375 g/mol. The molecular formula is C16H23KO7S. The number of unbranched alkanes of at least 4 members (excludes halogenated alkanes) is 3. The van der Waals surface area contributed by atoms with E-state index in [4.69, 9.17) is 14.4 Å². The molecule has 0 aliphatic carbocycles. The summed E-state index contributed by atoms with van der Waals surface area (Å²) in [5.41, 5.74) is 0.728. The Bertz CT molecular complexity index is 673. The van der Waals surface area contributed by atoms with Crippen LogP contribution in [0, 0.1) is 0 Å². The molecule has 0 bridgehead atoms. The van der Waals surface area contributed by atoms with Gasteiger partial charge in [-0.25, -0.2) is 0 Å². The number of aliphatic carboxylic acids is 1. The number of hydrogen-bond acceptors (Lipinski definition) is 5. The molecule has 0 aromatic heterocycles. The first-order valence-corrected chi connectivity index (χ1v) is 9.23. The van der Waals surface area contributed by atoms with E-state index in [1.807, 2.05) is 0 Å². The summed E-state index contributed by atoms with van der Waals surface area (Å²) in [7, 11) is -4.87. The second-order valence-corrected chi connectivity index (χ2v) is 7.04. The maximum atomic E-state index is 12.0. The average molecular weight is 399 g/mol. The van der Waals surface area contributed by atoms with E-state index >= 15 is 0 Å². The molecule has 0 aliphatic rings. The second-order valence-electron chi connectivity index (χ2n) is 5.44. The van der Waals surface area contributed by atoms with Gasteiger partial charge in [-0.1, -0.05) is 44.4 Å². The molecule has 1 atom stereocenters. The molecule has 1 unspecified atom stereocenters. The van der Waals surface area contributed by atoms with Gasteiger partial charge in [0.25, 0.3) is 10.1 Å². The average Bonchev–Trinajstić information content (AvgIpc) is 2.49. The van der Waals surface area contributed by atoms with Gasteiger partial charge in [0.05, 0.1) is 6.42 Å². The minimum absolute atomic E-state index is 0. The molecule has 0 saturated heterocycles. The summed E-state index contributed by atoms with van der Waals surface area (Å²) in [5.74, 6) is -2.65. The molecule has 0 spiro atoms. The second kappa shape index (κ2) is 12.2. The van der Waals surface area contributed by atoms with Gasteiger partial charge in [-0.2, -0.15) is 8.42 Å². The van der Waals surface area contributed by atoms with Crippen LogP contribution < -0.4 is 4.74 Å². The number of carbonyl (C=O) groups is 2. The number of aryl methyl sites for hydroxylation is 1. The van der Waals surface area contributed by atoms with Crippen LogP contribution >= 0.6 is 0 Å². The fourth-order valence-electron chi connectivity index (χ4n) is 2.20. The van der Waals surface area contributed by atoms with Crippen molar-refractivity contribution in [1.29, 1.82) is 0 Å². The fraction of sp³-hybridized carbons (Fsp3) is 0.500. The summed E-state index contributed by atoms with van der Waals surface area (Å²) in [5, 5.41) is 6.55. The summed E-state index contributed by atoms with van der Waals surface area (Å²) in [6.45, 7) is 2.09. The van der Waals surface area contributed by atoms with Crippen LogP contribution in [0.5, 0.6) is 5.75 Å². The van der Waals surface area contributed by atoms with Crippen molar-refractivity contribution < 1.29 is 32.4 Å². The third-order valence-electron chi connectivity index (χ3n) is 3.47. The number of rotatable bonds is 10. The van der Waals surface area contributed by atoms with Gasteiger partial charge in [0.15, 0.2) is 5.25 Å². The van der Waals surface area contributed by atoms with E-state index in [-0.39, 0.29) is 57.1 Å². The summed E-state index contributed by atoms with van der Waals surface area (Å²) in [6, 6.07) is 6.66. The summed E-state index contributed by atoms with van der Waals surface area (Å²) < 4.78 is 36.5. The minimum atomic E-state index is -4.87. The Labute approximate surface area is 190 Å². The maximum absolute atomic E-state index is 12.0. The Morgan fingerprint density at radius 3 is 2.36 bits per heavy atom. The number of carboxylic acid groups (broad SMARTS) is 1. The summed E-state index contributed by atoms with van der Waals surface area (Å²) in [4.78, 5) is 22.7. The Hall–Kier alpha value is -0.294. The van der Waals surface area contributed by atoms with Crippen molar-refractivity contribution in [2.24, 2.45) is 0 Å². The predicted molar refractivity (Wildman–Crippen MR) is 94.7 cm³/mol. The molecule has 25 heavy (non-hydrogen) atoms. The third kappa shape index (κ3) is 9.27. The van der Waals surface area contributed by atoms with Crippen molar-refractivity contribution >= 4 is 73.4 Å². The van der Waals surface area contributed by atoms with E-state index in [2.05, 4.69) is 6.92 Å². The van der Waals surface area contributed by atoms with E-state index in [0.717, 1.165) is 31.2 Å². The Balaban J connectivity index is 0.00000576. The van der Waals surface area contributed by atoms with E-state index in [0.29, 0.717) is 6.42 Å². The number of para-hydroxylation sites is 1. The van der Waals surface area contributed by atoms with Gasteiger partial charge < -0.3 is 9.84 Å². The van der Waals surface area contributed by atoms with E-state index in [9.17, 15) is 18.0 Å². The normalized spacial score (nSPS) is 12.1. The van der Waals surface area contributed by atoms with Crippen LogP contribution in [0.15, 0.2) is 24.3 Å². The van der Waals surface area contributed by atoms with E-state index < -0.39 is 33.7 Å². The van der Waals surface area contributed by atoms with Gasteiger partial charge in [-0.15, -0.1) is 0 Å². The quantitative estimate of drug-likeness (QED) is 0.203. The molecule has 0 amide bonds. The van der Waals surface area contributed by atoms with E-state index in [1.54, 1.807) is 18.2 Å². The number of esters is 1. The molecule has 7 nitrogen and oxygen atoms in total. The number of hydrogen-bond donors (Lipinski definition) is 2.